The molecule has 0 spiro atoms. The maximum absolute atomic E-state index is 11.8. The Bertz CT molecular complexity index is 337. The van der Waals surface area contributed by atoms with Gasteiger partial charge in [0.05, 0.1) is 0 Å². The zero-order valence-electron chi connectivity index (χ0n) is 9.98. The minimum atomic E-state index is 0.137. The highest BCUT2D eigenvalue weighted by molar-refractivity contribution is 7.10. The molecule has 0 bridgehead atoms. The number of piperidine rings is 1. The summed E-state index contributed by atoms with van der Waals surface area (Å²) in [5.74, 6) is 1.12. The number of carbonyl (C=O) groups is 1. The predicted octanol–water partition coefficient (Wildman–Crippen LogP) is 3.11. The van der Waals surface area contributed by atoms with Crippen LogP contribution in [-0.4, -0.2) is 23.9 Å². The van der Waals surface area contributed by atoms with Gasteiger partial charge in [0.1, 0.15) is 0 Å². The number of hydrogen-bond donors (Lipinski definition) is 0. The van der Waals surface area contributed by atoms with E-state index in [4.69, 9.17) is 0 Å². The van der Waals surface area contributed by atoms with Gasteiger partial charge >= 0.3 is 0 Å². The van der Waals surface area contributed by atoms with Crippen LogP contribution in [0.2, 0.25) is 0 Å². The third-order valence-corrected chi connectivity index (χ3v) is 4.28. The first kappa shape index (κ1) is 11.6. The van der Waals surface area contributed by atoms with Crippen molar-refractivity contribution in [1.82, 2.24) is 4.90 Å². The highest BCUT2D eigenvalue weighted by atomic mass is 32.1. The van der Waals surface area contributed by atoms with E-state index in [-0.39, 0.29) is 5.92 Å². The van der Waals surface area contributed by atoms with E-state index in [2.05, 4.69) is 17.5 Å². The van der Waals surface area contributed by atoms with E-state index >= 15 is 0 Å². The van der Waals surface area contributed by atoms with E-state index in [0.717, 1.165) is 25.9 Å². The van der Waals surface area contributed by atoms with Gasteiger partial charge in [0.15, 0.2) is 0 Å². The van der Waals surface area contributed by atoms with E-state index in [1.165, 1.54) is 4.88 Å². The summed E-state index contributed by atoms with van der Waals surface area (Å²) in [7, 11) is 0. The smallest absolute Gasteiger partial charge is 0.225 e. The molecule has 2 nitrogen and oxygen atoms in total. The SMILES string of the molecule is CC(C)C(=O)N1CCC(c2cccs2)CC1. The summed E-state index contributed by atoms with van der Waals surface area (Å²) in [4.78, 5) is 15.3. The van der Waals surface area contributed by atoms with Crippen molar-refractivity contribution in [3.05, 3.63) is 22.4 Å². The molecule has 1 saturated heterocycles. The Morgan fingerprint density at radius 1 is 1.44 bits per heavy atom. The number of hydrogen-bond acceptors (Lipinski definition) is 2. The summed E-state index contributed by atoms with van der Waals surface area (Å²) >= 11 is 1.84. The molecule has 1 aliphatic heterocycles. The average Bonchev–Trinajstić information content (AvgIpc) is 2.81. The topological polar surface area (TPSA) is 20.3 Å². The summed E-state index contributed by atoms with van der Waals surface area (Å²) in [6, 6.07) is 4.33. The molecule has 0 N–H and O–H groups in total. The van der Waals surface area contributed by atoms with Crippen molar-refractivity contribution in [3.8, 4) is 0 Å². The summed E-state index contributed by atoms with van der Waals surface area (Å²) in [6.07, 6.45) is 2.25. The van der Waals surface area contributed by atoms with Crippen molar-refractivity contribution >= 4 is 17.2 Å². The van der Waals surface area contributed by atoms with Gasteiger partial charge in [0, 0.05) is 23.9 Å². The van der Waals surface area contributed by atoms with Crippen molar-refractivity contribution in [3.63, 3.8) is 0 Å². The van der Waals surface area contributed by atoms with Crippen molar-refractivity contribution in [2.24, 2.45) is 5.92 Å². The zero-order chi connectivity index (χ0) is 11.5. The van der Waals surface area contributed by atoms with Crippen molar-refractivity contribution in [2.75, 3.05) is 13.1 Å². The van der Waals surface area contributed by atoms with E-state index in [9.17, 15) is 4.79 Å². The predicted molar refractivity (Wildman–Crippen MR) is 67.7 cm³/mol. The second-order valence-electron chi connectivity index (χ2n) is 4.77. The van der Waals surface area contributed by atoms with E-state index < -0.39 is 0 Å². The summed E-state index contributed by atoms with van der Waals surface area (Å²) in [6.45, 7) is 5.82. The average molecular weight is 237 g/mol. The quantitative estimate of drug-likeness (QED) is 0.774. The van der Waals surface area contributed by atoms with Gasteiger partial charge < -0.3 is 4.90 Å². The largest absolute Gasteiger partial charge is 0.342 e. The standard InChI is InChI=1S/C13H19NOS/c1-10(2)13(15)14-7-5-11(6-8-14)12-4-3-9-16-12/h3-4,9-11H,5-8H2,1-2H3. The molecule has 16 heavy (non-hydrogen) atoms. The number of amides is 1. The fourth-order valence-electron chi connectivity index (χ4n) is 2.27. The van der Waals surface area contributed by atoms with Crippen LogP contribution in [0.4, 0.5) is 0 Å². The molecule has 1 aromatic rings. The van der Waals surface area contributed by atoms with Gasteiger partial charge in [-0.25, -0.2) is 0 Å². The third-order valence-electron chi connectivity index (χ3n) is 3.25. The molecule has 0 radical (unpaired) electrons. The first-order valence-corrected chi connectivity index (χ1v) is 6.88. The molecule has 88 valence electrons. The van der Waals surface area contributed by atoms with Gasteiger partial charge in [0.25, 0.3) is 0 Å². The number of carbonyl (C=O) groups excluding carboxylic acids is 1. The summed E-state index contributed by atoms with van der Waals surface area (Å²) < 4.78 is 0. The Balaban J connectivity index is 1.90. The first-order chi connectivity index (χ1) is 7.68. The number of rotatable bonds is 2. The molecule has 0 saturated carbocycles. The number of nitrogens with zero attached hydrogens (tertiary/aromatic N) is 1. The Morgan fingerprint density at radius 3 is 2.62 bits per heavy atom. The molecule has 0 aromatic carbocycles. The van der Waals surface area contributed by atoms with Crippen molar-refractivity contribution in [1.29, 1.82) is 0 Å². The molecule has 2 heterocycles. The number of likely N-dealkylation sites (tertiary alicyclic amines) is 1. The van der Waals surface area contributed by atoms with Crippen molar-refractivity contribution < 1.29 is 4.79 Å². The fourth-order valence-corrected chi connectivity index (χ4v) is 3.17. The highest BCUT2D eigenvalue weighted by Gasteiger charge is 2.25. The molecule has 1 fully saturated rings. The lowest BCUT2D eigenvalue weighted by Gasteiger charge is -2.32. The Kier molecular flexibility index (Phi) is 3.64. The van der Waals surface area contributed by atoms with Crippen LogP contribution in [-0.2, 0) is 4.79 Å². The van der Waals surface area contributed by atoms with Crippen LogP contribution >= 0.6 is 11.3 Å². The van der Waals surface area contributed by atoms with Gasteiger partial charge in [-0.3, -0.25) is 4.79 Å². The van der Waals surface area contributed by atoms with Gasteiger partial charge in [-0.2, -0.15) is 0 Å². The molecule has 3 heteroatoms. The molecule has 1 aliphatic rings. The van der Waals surface area contributed by atoms with Crippen LogP contribution in [0.5, 0.6) is 0 Å². The molecule has 0 atom stereocenters. The summed E-state index contributed by atoms with van der Waals surface area (Å²) in [5, 5.41) is 2.14. The van der Waals surface area contributed by atoms with Gasteiger partial charge in [-0.05, 0) is 30.2 Å². The molecule has 1 aromatic heterocycles. The van der Waals surface area contributed by atoms with E-state index in [1.54, 1.807) is 0 Å². The zero-order valence-corrected chi connectivity index (χ0v) is 10.8. The van der Waals surface area contributed by atoms with Crippen LogP contribution < -0.4 is 0 Å². The molecule has 0 unspecified atom stereocenters. The van der Waals surface area contributed by atoms with Gasteiger partial charge in [-0.1, -0.05) is 19.9 Å². The van der Waals surface area contributed by atoms with Crippen LogP contribution in [0.3, 0.4) is 0 Å². The highest BCUT2D eigenvalue weighted by Crippen LogP contribution is 2.31. The monoisotopic (exact) mass is 237 g/mol. The molecule has 0 aliphatic carbocycles. The maximum atomic E-state index is 11.8. The fraction of sp³-hybridized carbons (Fsp3) is 0.615. The Labute approximate surface area is 101 Å². The minimum Gasteiger partial charge on any atom is -0.342 e. The molecular weight excluding hydrogens is 218 g/mol. The van der Waals surface area contributed by atoms with Crippen LogP contribution in [0.15, 0.2) is 17.5 Å². The van der Waals surface area contributed by atoms with Crippen LogP contribution in [0, 0.1) is 5.92 Å². The number of thiophene rings is 1. The molecule has 2 rings (SSSR count). The lowest BCUT2D eigenvalue weighted by molar-refractivity contribution is -0.135. The van der Waals surface area contributed by atoms with Crippen molar-refractivity contribution in [2.45, 2.75) is 32.6 Å². The maximum Gasteiger partial charge on any atom is 0.225 e. The van der Waals surface area contributed by atoms with Crippen LogP contribution in [0.1, 0.15) is 37.5 Å². The second-order valence-corrected chi connectivity index (χ2v) is 5.75. The van der Waals surface area contributed by atoms with Crippen LogP contribution in [0.25, 0.3) is 0 Å². The van der Waals surface area contributed by atoms with E-state index in [1.807, 2.05) is 30.1 Å². The normalized spacial score (nSPS) is 18.1. The third kappa shape index (κ3) is 2.46. The first-order valence-electron chi connectivity index (χ1n) is 6.00. The van der Waals surface area contributed by atoms with Gasteiger partial charge in [-0.15, -0.1) is 11.3 Å². The lowest BCUT2D eigenvalue weighted by atomic mass is 9.94. The Hall–Kier alpha value is -0.830. The van der Waals surface area contributed by atoms with E-state index in [0.29, 0.717) is 11.8 Å². The minimum absolute atomic E-state index is 0.137. The molecule has 1 amide bonds. The Morgan fingerprint density at radius 2 is 2.12 bits per heavy atom. The second kappa shape index (κ2) is 5.00. The van der Waals surface area contributed by atoms with Gasteiger partial charge in [0.2, 0.25) is 5.91 Å². The molecular formula is C13H19NOS. The lowest BCUT2D eigenvalue weighted by Crippen LogP contribution is -2.40. The summed E-state index contributed by atoms with van der Waals surface area (Å²) in [5.41, 5.74) is 0.